The van der Waals surface area contributed by atoms with Gasteiger partial charge in [-0.15, -0.1) is 0 Å². The Kier molecular flexibility index (Phi) is 4.05. The number of phenols is 1. The van der Waals surface area contributed by atoms with Crippen LogP contribution in [0.4, 0.5) is 11.4 Å². The van der Waals surface area contributed by atoms with Gasteiger partial charge in [-0.3, -0.25) is 10.1 Å². The van der Waals surface area contributed by atoms with Gasteiger partial charge < -0.3 is 15.2 Å². The lowest BCUT2D eigenvalue weighted by Gasteiger charge is -2.08. The van der Waals surface area contributed by atoms with Crippen LogP contribution in [0.15, 0.2) is 42.5 Å². The lowest BCUT2D eigenvalue weighted by atomic mass is 10.2. The molecule has 0 heterocycles. The molecule has 0 fully saturated rings. The fourth-order valence-corrected chi connectivity index (χ4v) is 1.76. The minimum atomic E-state index is -0.484. The van der Waals surface area contributed by atoms with Crippen LogP contribution in [-0.4, -0.2) is 17.1 Å². The van der Waals surface area contributed by atoms with Crippen molar-refractivity contribution in [3.8, 4) is 11.5 Å². The quantitative estimate of drug-likeness (QED) is 0.646. The van der Waals surface area contributed by atoms with Crippen molar-refractivity contribution in [3.63, 3.8) is 0 Å². The molecule has 0 unspecified atom stereocenters. The number of ether oxygens (including phenoxy) is 1. The molecule has 0 spiro atoms. The molecule has 6 heteroatoms. The van der Waals surface area contributed by atoms with Crippen LogP contribution < -0.4 is 10.1 Å². The van der Waals surface area contributed by atoms with Gasteiger partial charge in [-0.05, 0) is 23.8 Å². The van der Waals surface area contributed by atoms with Crippen LogP contribution >= 0.6 is 0 Å². The average Bonchev–Trinajstić information content (AvgIpc) is 2.46. The summed E-state index contributed by atoms with van der Waals surface area (Å²) in [4.78, 5) is 10.3. The van der Waals surface area contributed by atoms with Crippen LogP contribution in [0.3, 0.4) is 0 Å². The number of methoxy groups -OCH3 is 1. The van der Waals surface area contributed by atoms with Gasteiger partial charge in [0.05, 0.1) is 12.0 Å². The fraction of sp³-hybridized carbons (Fsp3) is 0.143. The van der Waals surface area contributed by atoms with E-state index in [0.717, 1.165) is 11.3 Å². The van der Waals surface area contributed by atoms with Crippen LogP contribution in [-0.2, 0) is 6.54 Å². The summed E-state index contributed by atoms with van der Waals surface area (Å²) < 4.78 is 5.00. The van der Waals surface area contributed by atoms with E-state index in [1.807, 2.05) is 0 Å². The van der Waals surface area contributed by atoms with Gasteiger partial charge in [0.15, 0.2) is 5.75 Å². The van der Waals surface area contributed by atoms with Gasteiger partial charge in [-0.2, -0.15) is 0 Å². The van der Waals surface area contributed by atoms with Crippen LogP contribution in [0, 0.1) is 10.1 Å². The first-order chi connectivity index (χ1) is 9.60. The number of nitrogens with one attached hydrogen (secondary N) is 1. The number of nitrogens with zero attached hydrogens (tertiary/aromatic N) is 1. The highest BCUT2D eigenvalue weighted by atomic mass is 16.6. The Labute approximate surface area is 115 Å². The van der Waals surface area contributed by atoms with E-state index in [2.05, 4.69) is 5.32 Å². The van der Waals surface area contributed by atoms with E-state index in [1.165, 1.54) is 13.2 Å². The molecule has 0 bridgehead atoms. The summed E-state index contributed by atoms with van der Waals surface area (Å²) in [6.07, 6.45) is 0. The van der Waals surface area contributed by atoms with Gasteiger partial charge in [0.25, 0.3) is 0 Å². The Balaban J connectivity index is 2.10. The van der Waals surface area contributed by atoms with Crippen LogP contribution in [0.2, 0.25) is 0 Å². The van der Waals surface area contributed by atoms with E-state index >= 15 is 0 Å². The molecule has 0 amide bonds. The van der Waals surface area contributed by atoms with Crippen molar-refractivity contribution in [1.82, 2.24) is 0 Å². The predicted octanol–water partition coefficient (Wildman–Crippen LogP) is 2.92. The molecule has 2 N–H and O–H groups in total. The first-order valence-electron chi connectivity index (χ1n) is 5.94. The molecule has 6 nitrogen and oxygen atoms in total. The molecular weight excluding hydrogens is 260 g/mol. The van der Waals surface area contributed by atoms with Crippen molar-refractivity contribution in [2.45, 2.75) is 6.54 Å². The zero-order valence-electron chi connectivity index (χ0n) is 10.9. The molecule has 0 saturated heterocycles. The van der Waals surface area contributed by atoms with Crippen LogP contribution in [0.25, 0.3) is 0 Å². The van der Waals surface area contributed by atoms with Crippen molar-refractivity contribution < 1.29 is 14.8 Å². The van der Waals surface area contributed by atoms with E-state index in [4.69, 9.17) is 4.74 Å². The molecular formula is C14H14N2O4. The highest BCUT2D eigenvalue weighted by Crippen LogP contribution is 2.29. The van der Waals surface area contributed by atoms with Crippen LogP contribution in [0.5, 0.6) is 11.5 Å². The Bertz CT molecular complexity index is 611. The maximum absolute atomic E-state index is 10.8. The molecule has 20 heavy (non-hydrogen) atoms. The van der Waals surface area contributed by atoms with E-state index in [1.54, 1.807) is 36.4 Å². The van der Waals surface area contributed by atoms with Crippen molar-refractivity contribution in [2.24, 2.45) is 0 Å². The molecule has 0 aliphatic heterocycles. The first kappa shape index (κ1) is 13.7. The lowest BCUT2D eigenvalue weighted by molar-refractivity contribution is -0.385. The number of anilines is 1. The fourth-order valence-electron chi connectivity index (χ4n) is 1.76. The maximum Gasteiger partial charge on any atom is 0.311 e. The first-order valence-corrected chi connectivity index (χ1v) is 5.94. The number of hydrogen-bond donors (Lipinski definition) is 2. The number of hydrogen-bond acceptors (Lipinski definition) is 5. The second kappa shape index (κ2) is 5.92. The maximum atomic E-state index is 10.8. The van der Waals surface area contributed by atoms with Gasteiger partial charge in [0, 0.05) is 24.4 Å². The van der Waals surface area contributed by atoms with Gasteiger partial charge in [0.1, 0.15) is 5.75 Å². The third-order valence-corrected chi connectivity index (χ3v) is 2.81. The Morgan fingerprint density at radius 2 is 1.95 bits per heavy atom. The lowest BCUT2D eigenvalue weighted by Crippen LogP contribution is -2.00. The van der Waals surface area contributed by atoms with Crippen molar-refractivity contribution in [2.75, 3.05) is 12.4 Å². The Hall–Kier alpha value is -2.76. The Morgan fingerprint density at radius 3 is 2.55 bits per heavy atom. The summed E-state index contributed by atoms with van der Waals surface area (Å²) in [7, 11) is 1.39. The number of benzene rings is 2. The number of phenolic OH excluding ortho intramolecular Hbond substituents is 1. The highest BCUT2D eigenvalue weighted by Gasteiger charge is 2.14. The van der Waals surface area contributed by atoms with Gasteiger partial charge in [0.2, 0.25) is 0 Å². The van der Waals surface area contributed by atoms with Crippen molar-refractivity contribution in [1.29, 1.82) is 0 Å². The standard InChI is InChI=1S/C14H14N2O4/c1-20-14-8-11(4-7-13(14)16(18)19)15-9-10-2-5-12(17)6-3-10/h2-8,15,17H,9H2,1H3. The van der Waals surface area contributed by atoms with Gasteiger partial charge in [-0.25, -0.2) is 0 Å². The number of rotatable bonds is 5. The summed E-state index contributed by atoms with van der Waals surface area (Å²) in [5, 5.41) is 23.1. The smallest absolute Gasteiger partial charge is 0.311 e. The predicted molar refractivity (Wildman–Crippen MR) is 75.1 cm³/mol. The minimum Gasteiger partial charge on any atom is -0.508 e. The second-order valence-corrected chi connectivity index (χ2v) is 4.16. The number of aromatic hydroxyl groups is 1. The third kappa shape index (κ3) is 3.17. The summed E-state index contributed by atoms with van der Waals surface area (Å²) in [6, 6.07) is 11.4. The summed E-state index contributed by atoms with van der Waals surface area (Å²) in [6.45, 7) is 0.543. The molecule has 104 valence electrons. The second-order valence-electron chi connectivity index (χ2n) is 4.16. The zero-order valence-corrected chi connectivity index (χ0v) is 10.9. The molecule has 0 aromatic heterocycles. The summed E-state index contributed by atoms with van der Waals surface area (Å²) >= 11 is 0. The normalized spacial score (nSPS) is 10.1. The van der Waals surface area contributed by atoms with E-state index < -0.39 is 4.92 Å². The van der Waals surface area contributed by atoms with E-state index in [-0.39, 0.29) is 17.2 Å². The van der Waals surface area contributed by atoms with E-state index in [0.29, 0.717) is 6.54 Å². The van der Waals surface area contributed by atoms with Gasteiger partial charge in [-0.1, -0.05) is 12.1 Å². The molecule has 2 aromatic carbocycles. The van der Waals surface area contributed by atoms with Crippen molar-refractivity contribution in [3.05, 3.63) is 58.1 Å². The minimum absolute atomic E-state index is 0.0670. The molecule has 0 atom stereocenters. The molecule has 0 aliphatic rings. The molecule has 2 aromatic rings. The average molecular weight is 274 g/mol. The SMILES string of the molecule is COc1cc(NCc2ccc(O)cc2)ccc1[N+](=O)[O-]. The molecule has 0 saturated carbocycles. The zero-order chi connectivity index (χ0) is 14.5. The molecule has 0 radical (unpaired) electrons. The summed E-state index contributed by atoms with van der Waals surface area (Å²) in [5.74, 6) is 0.427. The molecule has 0 aliphatic carbocycles. The number of nitro groups is 1. The van der Waals surface area contributed by atoms with Crippen LogP contribution in [0.1, 0.15) is 5.56 Å². The third-order valence-electron chi connectivity index (χ3n) is 2.81. The molecule has 2 rings (SSSR count). The highest BCUT2D eigenvalue weighted by molar-refractivity contribution is 5.58. The van der Waals surface area contributed by atoms with Gasteiger partial charge >= 0.3 is 5.69 Å². The number of nitro benzene ring substituents is 1. The largest absolute Gasteiger partial charge is 0.508 e. The van der Waals surface area contributed by atoms with Crippen molar-refractivity contribution >= 4 is 11.4 Å². The topological polar surface area (TPSA) is 84.6 Å². The monoisotopic (exact) mass is 274 g/mol. The van der Waals surface area contributed by atoms with E-state index in [9.17, 15) is 15.2 Å². The summed E-state index contributed by atoms with van der Waals surface area (Å²) in [5.41, 5.74) is 1.64. The Morgan fingerprint density at radius 1 is 1.25 bits per heavy atom.